The van der Waals surface area contributed by atoms with E-state index in [1.807, 2.05) is 0 Å². The molecule has 0 saturated heterocycles. The van der Waals surface area contributed by atoms with Crippen molar-refractivity contribution in [3.05, 3.63) is 23.3 Å². The van der Waals surface area contributed by atoms with Crippen LogP contribution in [0.1, 0.15) is 24.1 Å². The number of alkyl halides is 3. The van der Waals surface area contributed by atoms with Gasteiger partial charge < -0.3 is 15.9 Å². The van der Waals surface area contributed by atoms with Crippen molar-refractivity contribution in [3.63, 3.8) is 0 Å². The monoisotopic (exact) mass is 221 g/mol. The van der Waals surface area contributed by atoms with E-state index in [0.29, 0.717) is 6.07 Å². The Labute approximate surface area is 84.0 Å². The maximum atomic E-state index is 12.5. The van der Waals surface area contributed by atoms with Crippen LogP contribution in [0.5, 0.6) is 11.5 Å². The molecular weight excluding hydrogens is 211 g/mol. The van der Waals surface area contributed by atoms with E-state index >= 15 is 0 Å². The third-order valence-corrected chi connectivity index (χ3v) is 1.96. The number of hydrogen-bond acceptors (Lipinski definition) is 3. The average molecular weight is 221 g/mol. The molecule has 1 atom stereocenters. The number of nitrogens with two attached hydrogens (primary N) is 1. The van der Waals surface area contributed by atoms with Crippen LogP contribution in [0.2, 0.25) is 0 Å². The molecule has 0 aromatic heterocycles. The molecule has 1 aromatic carbocycles. The molecule has 1 rings (SSSR count). The number of phenols is 2. The van der Waals surface area contributed by atoms with Gasteiger partial charge in [-0.05, 0) is 19.1 Å². The Kier molecular flexibility index (Phi) is 2.81. The van der Waals surface area contributed by atoms with Gasteiger partial charge in [-0.1, -0.05) is 0 Å². The van der Waals surface area contributed by atoms with Gasteiger partial charge in [-0.2, -0.15) is 13.2 Å². The van der Waals surface area contributed by atoms with E-state index in [1.54, 1.807) is 0 Å². The van der Waals surface area contributed by atoms with Crippen molar-refractivity contribution >= 4 is 0 Å². The minimum atomic E-state index is -4.60. The van der Waals surface area contributed by atoms with E-state index in [1.165, 1.54) is 6.92 Å². The summed E-state index contributed by atoms with van der Waals surface area (Å²) in [6.07, 6.45) is -4.60. The van der Waals surface area contributed by atoms with Crippen LogP contribution >= 0.6 is 0 Å². The predicted octanol–water partition coefficient (Wildman–Crippen LogP) is 2.14. The third-order valence-electron chi connectivity index (χ3n) is 1.96. The molecule has 0 aliphatic rings. The standard InChI is InChI=1S/C9H10F3NO2/c1-4(13)7-5(9(10,11)12)2-3-6(14)8(7)15/h2-4,14-15H,13H2,1H3. The molecule has 0 fully saturated rings. The first-order valence-corrected chi connectivity index (χ1v) is 4.12. The first kappa shape index (κ1) is 11.6. The molecule has 0 radical (unpaired) electrons. The predicted molar refractivity (Wildman–Crippen MR) is 47.4 cm³/mol. The number of aromatic hydroxyl groups is 2. The fraction of sp³-hybridized carbons (Fsp3) is 0.333. The van der Waals surface area contributed by atoms with Gasteiger partial charge >= 0.3 is 6.18 Å². The summed E-state index contributed by atoms with van der Waals surface area (Å²) < 4.78 is 37.4. The lowest BCUT2D eigenvalue weighted by Gasteiger charge is -2.17. The molecule has 6 heteroatoms. The molecule has 0 aliphatic carbocycles. The molecule has 0 heterocycles. The van der Waals surface area contributed by atoms with Gasteiger partial charge in [-0.3, -0.25) is 0 Å². The average Bonchev–Trinajstić information content (AvgIpc) is 2.06. The van der Waals surface area contributed by atoms with Crippen LogP contribution in [0.15, 0.2) is 12.1 Å². The zero-order valence-corrected chi connectivity index (χ0v) is 7.84. The van der Waals surface area contributed by atoms with Crippen molar-refractivity contribution in [2.24, 2.45) is 5.73 Å². The second-order valence-electron chi connectivity index (χ2n) is 3.18. The minimum absolute atomic E-state index is 0.498. The largest absolute Gasteiger partial charge is 0.504 e. The fourth-order valence-electron chi connectivity index (χ4n) is 1.30. The molecule has 15 heavy (non-hydrogen) atoms. The van der Waals surface area contributed by atoms with Crippen LogP contribution in [0.3, 0.4) is 0 Å². The first-order valence-electron chi connectivity index (χ1n) is 4.12. The van der Waals surface area contributed by atoms with E-state index in [9.17, 15) is 18.3 Å². The topological polar surface area (TPSA) is 66.5 Å². The van der Waals surface area contributed by atoms with Gasteiger partial charge in [0.25, 0.3) is 0 Å². The highest BCUT2D eigenvalue weighted by Gasteiger charge is 2.36. The van der Waals surface area contributed by atoms with Gasteiger partial charge in [0.05, 0.1) is 5.56 Å². The van der Waals surface area contributed by atoms with Gasteiger partial charge in [0.2, 0.25) is 0 Å². The van der Waals surface area contributed by atoms with Crippen molar-refractivity contribution < 1.29 is 23.4 Å². The highest BCUT2D eigenvalue weighted by molar-refractivity contribution is 5.51. The number of halogens is 3. The number of rotatable bonds is 1. The maximum Gasteiger partial charge on any atom is 0.416 e. The molecule has 0 spiro atoms. The molecule has 0 aliphatic heterocycles. The first-order chi connectivity index (χ1) is 6.75. The lowest BCUT2D eigenvalue weighted by Crippen LogP contribution is -2.15. The lowest BCUT2D eigenvalue weighted by molar-refractivity contribution is -0.138. The molecule has 84 valence electrons. The summed E-state index contributed by atoms with van der Waals surface area (Å²) >= 11 is 0. The summed E-state index contributed by atoms with van der Waals surface area (Å²) in [6.45, 7) is 1.30. The van der Waals surface area contributed by atoms with Crippen LogP contribution in [0.25, 0.3) is 0 Å². The summed E-state index contributed by atoms with van der Waals surface area (Å²) in [5.74, 6) is -1.44. The molecule has 0 saturated carbocycles. The summed E-state index contributed by atoms with van der Waals surface area (Å²) in [5.41, 5.74) is 3.78. The van der Waals surface area contributed by atoms with Crippen LogP contribution in [-0.4, -0.2) is 10.2 Å². The van der Waals surface area contributed by atoms with E-state index in [2.05, 4.69) is 0 Å². The Hall–Kier alpha value is -1.43. The van der Waals surface area contributed by atoms with Crippen LogP contribution in [0, 0.1) is 0 Å². The normalized spacial score (nSPS) is 13.9. The van der Waals surface area contributed by atoms with E-state index in [-0.39, 0.29) is 0 Å². The summed E-state index contributed by atoms with van der Waals surface area (Å²) in [5, 5.41) is 18.3. The second-order valence-corrected chi connectivity index (χ2v) is 3.18. The Morgan fingerprint density at radius 2 is 1.80 bits per heavy atom. The van der Waals surface area contributed by atoms with Gasteiger partial charge in [-0.15, -0.1) is 0 Å². The molecule has 0 amide bonds. The molecular formula is C9H10F3NO2. The van der Waals surface area contributed by atoms with Crippen LogP contribution in [0.4, 0.5) is 13.2 Å². The molecule has 3 nitrogen and oxygen atoms in total. The van der Waals surface area contributed by atoms with E-state index in [0.717, 1.165) is 6.07 Å². The van der Waals surface area contributed by atoms with Crippen LogP contribution in [-0.2, 0) is 6.18 Å². The van der Waals surface area contributed by atoms with Crippen LogP contribution < -0.4 is 5.73 Å². The quantitative estimate of drug-likeness (QED) is 0.636. The summed E-state index contributed by atoms with van der Waals surface area (Å²) in [7, 11) is 0. The Morgan fingerprint density at radius 3 is 2.20 bits per heavy atom. The van der Waals surface area contributed by atoms with Crippen molar-refractivity contribution in [2.45, 2.75) is 19.1 Å². The molecule has 4 N–H and O–H groups in total. The number of hydrogen-bond donors (Lipinski definition) is 3. The summed E-state index contributed by atoms with van der Waals surface area (Å²) in [4.78, 5) is 0. The highest BCUT2D eigenvalue weighted by Crippen LogP contribution is 2.41. The lowest BCUT2D eigenvalue weighted by atomic mass is 10.00. The molecule has 1 unspecified atom stereocenters. The SMILES string of the molecule is CC(N)c1c(C(F)(F)F)ccc(O)c1O. The van der Waals surface area contributed by atoms with Crippen molar-refractivity contribution in [1.82, 2.24) is 0 Å². The smallest absolute Gasteiger partial charge is 0.416 e. The van der Waals surface area contributed by atoms with Gasteiger partial charge in [-0.25, -0.2) is 0 Å². The Bertz CT molecular complexity index is 374. The van der Waals surface area contributed by atoms with Gasteiger partial charge in [0, 0.05) is 11.6 Å². The zero-order valence-electron chi connectivity index (χ0n) is 7.84. The number of phenolic OH excluding ortho intramolecular Hbond substituents is 2. The summed E-state index contributed by atoms with van der Waals surface area (Å²) in [6, 6.07) is 0.450. The maximum absolute atomic E-state index is 12.5. The van der Waals surface area contributed by atoms with Crippen molar-refractivity contribution in [1.29, 1.82) is 0 Å². The zero-order chi connectivity index (χ0) is 11.8. The van der Waals surface area contributed by atoms with Gasteiger partial charge in [0.15, 0.2) is 11.5 Å². The van der Waals surface area contributed by atoms with E-state index in [4.69, 9.17) is 10.8 Å². The molecule has 0 bridgehead atoms. The number of benzene rings is 1. The highest BCUT2D eigenvalue weighted by atomic mass is 19.4. The third kappa shape index (κ3) is 2.15. The van der Waals surface area contributed by atoms with Crippen molar-refractivity contribution in [2.75, 3.05) is 0 Å². The van der Waals surface area contributed by atoms with E-state index < -0.39 is 34.8 Å². The Morgan fingerprint density at radius 1 is 1.27 bits per heavy atom. The van der Waals surface area contributed by atoms with Gasteiger partial charge in [0.1, 0.15) is 0 Å². The second kappa shape index (κ2) is 3.62. The minimum Gasteiger partial charge on any atom is -0.504 e. The molecule has 1 aromatic rings. The Balaban J connectivity index is 3.47. The van der Waals surface area contributed by atoms with Crippen molar-refractivity contribution in [3.8, 4) is 11.5 Å². The fourth-order valence-corrected chi connectivity index (χ4v) is 1.30.